The number of rotatable bonds is 1. The van der Waals surface area contributed by atoms with Crippen LogP contribution in [0.25, 0.3) is 0 Å². The molecule has 0 radical (unpaired) electrons. The van der Waals surface area contributed by atoms with E-state index in [0.717, 1.165) is 13.0 Å². The van der Waals surface area contributed by atoms with Crippen molar-refractivity contribution in [2.45, 2.75) is 25.4 Å². The maximum absolute atomic E-state index is 10.7. The highest BCUT2D eigenvalue weighted by Gasteiger charge is 2.14. The second-order valence-electron chi connectivity index (χ2n) is 2.64. The number of ether oxygens (including phenoxy) is 1. The number of nitrogens with one attached hydrogen (secondary N) is 2. The van der Waals surface area contributed by atoms with Gasteiger partial charge in [-0.05, 0) is 25.8 Å². The fraction of sp³-hybridized carbons (Fsp3) is 0.857. The number of hydrogen-bond donors (Lipinski definition) is 2. The topological polar surface area (TPSA) is 50.4 Å². The summed E-state index contributed by atoms with van der Waals surface area (Å²) in [6.45, 7) is 0.981. The van der Waals surface area contributed by atoms with E-state index < -0.39 is 0 Å². The molecule has 1 atom stereocenters. The fourth-order valence-corrected chi connectivity index (χ4v) is 1.18. The molecule has 1 aliphatic rings. The van der Waals surface area contributed by atoms with Crippen molar-refractivity contribution in [2.75, 3.05) is 13.7 Å². The van der Waals surface area contributed by atoms with Crippen molar-refractivity contribution in [3.8, 4) is 0 Å². The quantitative estimate of drug-likeness (QED) is 0.582. The summed E-state index contributed by atoms with van der Waals surface area (Å²) in [6, 6.07) is 0. The monoisotopic (exact) mass is 158 g/mol. The largest absolute Gasteiger partial charge is 0.453 e. The second-order valence-corrected chi connectivity index (χ2v) is 2.64. The number of piperidine rings is 1. The Kier molecular flexibility index (Phi) is 3.16. The molecule has 0 saturated carbocycles. The van der Waals surface area contributed by atoms with Gasteiger partial charge in [0.05, 0.1) is 13.3 Å². The van der Waals surface area contributed by atoms with Crippen LogP contribution >= 0.6 is 0 Å². The molecule has 64 valence electrons. The highest BCUT2D eigenvalue weighted by molar-refractivity contribution is 5.67. The molecule has 4 heteroatoms. The summed E-state index contributed by atoms with van der Waals surface area (Å²) < 4.78 is 4.46. The minimum atomic E-state index is -0.357. The molecule has 1 saturated heterocycles. The van der Waals surface area contributed by atoms with Gasteiger partial charge < -0.3 is 10.1 Å². The first-order valence-electron chi connectivity index (χ1n) is 3.91. The van der Waals surface area contributed by atoms with Crippen molar-refractivity contribution in [3.05, 3.63) is 0 Å². The van der Waals surface area contributed by atoms with Crippen molar-refractivity contribution in [3.63, 3.8) is 0 Å². The van der Waals surface area contributed by atoms with Crippen molar-refractivity contribution < 1.29 is 9.53 Å². The zero-order chi connectivity index (χ0) is 8.10. The van der Waals surface area contributed by atoms with Crippen LogP contribution in [0.5, 0.6) is 0 Å². The number of hydrogen-bond acceptors (Lipinski definition) is 3. The minimum Gasteiger partial charge on any atom is -0.453 e. The molecule has 4 nitrogen and oxygen atoms in total. The molecule has 0 aromatic carbocycles. The van der Waals surface area contributed by atoms with E-state index in [0.29, 0.717) is 0 Å². The first-order valence-corrected chi connectivity index (χ1v) is 3.91. The summed E-state index contributed by atoms with van der Waals surface area (Å²) in [6.07, 6.45) is 3.11. The molecule has 2 N–H and O–H groups in total. The van der Waals surface area contributed by atoms with Gasteiger partial charge in [0.25, 0.3) is 0 Å². The predicted molar refractivity (Wildman–Crippen MR) is 41.2 cm³/mol. The molecule has 0 aliphatic carbocycles. The van der Waals surface area contributed by atoms with Crippen LogP contribution in [-0.4, -0.2) is 25.9 Å². The minimum absolute atomic E-state index is 0.108. The van der Waals surface area contributed by atoms with Gasteiger partial charge in [0, 0.05) is 0 Å². The van der Waals surface area contributed by atoms with Crippen LogP contribution in [-0.2, 0) is 4.74 Å². The summed E-state index contributed by atoms with van der Waals surface area (Å²) in [4.78, 5) is 10.7. The maximum atomic E-state index is 10.7. The van der Waals surface area contributed by atoms with E-state index in [9.17, 15) is 4.79 Å². The van der Waals surface area contributed by atoms with Crippen LogP contribution in [0.15, 0.2) is 0 Å². The average Bonchev–Trinajstić information content (AvgIpc) is 2.06. The third-order valence-corrected chi connectivity index (χ3v) is 1.79. The fourth-order valence-electron chi connectivity index (χ4n) is 1.18. The van der Waals surface area contributed by atoms with Gasteiger partial charge >= 0.3 is 6.09 Å². The lowest BCUT2D eigenvalue weighted by molar-refractivity contribution is 0.161. The predicted octanol–water partition coefficient (Wildman–Crippen LogP) is 0.442. The maximum Gasteiger partial charge on any atom is 0.408 e. The van der Waals surface area contributed by atoms with Gasteiger partial charge in [-0.3, -0.25) is 5.32 Å². The molecule has 0 aromatic rings. The summed E-state index contributed by atoms with van der Waals surface area (Å²) >= 11 is 0. The van der Waals surface area contributed by atoms with Gasteiger partial charge in [-0.2, -0.15) is 0 Å². The number of carbonyl (C=O) groups is 1. The normalized spacial score (nSPS) is 24.3. The standard InChI is InChI=1S/C7H14N2O2/c1-11-7(10)9-6-4-2-3-5-8-6/h6,8H,2-5H2,1H3,(H,9,10). The second kappa shape index (κ2) is 4.18. The number of amides is 1. The van der Waals surface area contributed by atoms with Crippen LogP contribution in [0, 0.1) is 0 Å². The molecule has 1 fully saturated rings. The van der Waals surface area contributed by atoms with Gasteiger partial charge in [-0.15, -0.1) is 0 Å². The molecule has 0 aromatic heterocycles. The first-order chi connectivity index (χ1) is 5.33. The van der Waals surface area contributed by atoms with E-state index in [1.807, 2.05) is 0 Å². The lowest BCUT2D eigenvalue weighted by Gasteiger charge is -2.23. The van der Waals surface area contributed by atoms with Crippen LogP contribution in [0.4, 0.5) is 4.79 Å². The highest BCUT2D eigenvalue weighted by Crippen LogP contribution is 2.03. The van der Waals surface area contributed by atoms with Gasteiger partial charge in [-0.25, -0.2) is 4.79 Å². The lowest BCUT2D eigenvalue weighted by atomic mass is 10.1. The molecule has 1 unspecified atom stereocenters. The van der Waals surface area contributed by atoms with Crippen LogP contribution in [0.1, 0.15) is 19.3 Å². The molecular formula is C7H14N2O2. The third kappa shape index (κ3) is 2.76. The molecule has 0 spiro atoms. The zero-order valence-electron chi connectivity index (χ0n) is 6.72. The Morgan fingerprint density at radius 1 is 1.64 bits per heavy atom. The van der Waals surface area contributed by atoms with E-state index in [4.69, 9.17) is 0 Å². The lowest BCUT2D eigenvalue weighted by Crippen LogP contribution is -2.47. The highest BCUT2D eigenvalue weighted by atomic mass is 16.5. The molecule has 1 aliphatic heterocycles. The molecule has 0 bridgehead atoms. The molecule has 1 rings (SSSR count). The smallest absolute Gasteiger partial charge is 0.408 e. The first kappa shape index (κ1) is 8.33. The molecule has 1 heterocycles. The number of methoxy groups -OCH3 is 1. The summed E-state index contributed by atoms with van der Waals surface area (Å²) in [5.41, 5.74) is 0. The van der Waals surface area contributed by atoms with Crippen molar-refractivity contribution in [1.29, 1.82) is 0 Å². The molecule has 1 amide bonds. The van der Waals surface area contributed by atoms with Gasteiger partial charge in [0.15, 0.2) is 0 Å². The summed E-state index contributed by atoms with van der Waals surface area (Å²) in [5.74, 6) is 0. The Bertz CT molecular complexity index is 132. The van der Waals surface area contributed by atoms with Crippen LogP contribution < -0.4 is 10.6 Å². The van der Waals surface area contributed by atoms with Crippen LogP contribution in [0.2, 0.25) is 0 Å². The molecular weight excluding hydrogens is 144 g/mol. The Morgan fingerprint density at radius 2 is 2.45 bits per heavy atom. The Labute approximate surface area is 66.3 Å². The Hall–Kier alpha value is -0.770. The van der Waals surface area contributed by atoms with E-state index >= 15 is 0 Å². The van der Waals surface area contributed by atoms with E-state index in [2.05, 4.69) is 15.4 Å². The Morgan fingerprint density at radius 3 is 3.00 bits per heavy atom. The van der Waals surface area contributed by atoms with Gasteiger partial charge in [0.1, 0.15) is 0 Å². The number of carbonyl (C=O) groups excluding carboxylic acids is 1. The zero-order valence-corrected chi connectivity index (χ0v) is 6.72. The molecule has 11 heavy (non-hydrogen) atoms. The van der Waals surface area contributed by atoms with Gasteiger partial charge in [0.2, 0.25) is 0 Å². The average molecular weight is 158 g/mol. The number of alkyl carbamates (subject to hydrolysis) is 1. The van der Waals surface area contributed by atoms with E-state index in [1.165, 1.54) is 20.0 Å². The van der Waals surface area contributed by atoms with E-state index in [-0.39, 0.29) is 12.3 Å². The van der Waals surface area contributed by atoms with Gasteiger partial charge in [-0.1, -0.05) is 0 Å². The van der Waals surface area contributed by atoms with Crippen molar-refractivity contribution >= 4 is 6.09 Å². The SMILES string of the molecule is COC(=O)NC1CCCCN1. The summed E-state index contributed by atoms with van der Waals surface area (Å²) in [5, 5.41) is 5.87. The third-order valence-electron chi connectivity index (χ3n) is 1.79. The van der Waals surface area contributed by atoms with Crippen LogP contribution in [0.3, 0.4) is 0 Å². The summed E-state index contributed by atoms with van der Waals surface area (Å²) in [7, 11) is 1.37. The van der Waals surface area contributed by atoms with Crippen molar-refractivity contribution in [1.82, 2.24) is 10.6 Å². The van der Waals surface area contributed by atoms with E-state index in [1.54, 1.807) is 0 Å². The van der Waals surface area contributed by atoms with Crippen molar-refractivity contribution in [2.24, 2.45) is 0 Å². The Balaban J connectivity index is 2.19.